The van der Waals surface area contributed by atoms with Crippen LogP contribution in [0.15, 0.2) is 53.7 Å². The van der Waals surface area contributed by atoms with E-state index in [0.717, 1.165) is 11.3 Å². The summed E-state index contributed by atoms with van der Waals surface area (Å²) in [5.74, 6) is 0.384. The number of nitrogens with zero attached hydrogens (tertiary/aromatic N) is 2. The van der Waals surface area contributed by atoms with Crippen molar-refractivity contribution in [2.45, 2.75) is 0 Å². The topological polar surface area (TPSA) is 103 Å². The summed E-state index contributed by atoms with van der Waals surface area (Å²) in [5.41, 5.74) is 1.10. The van der Waals surface area contributed by atoms with E-state index in [1.54, 1.807) is 13.3 Å². The van der Waals surface area contributed by atoms with Crippen molar-refractivity contribution in [3.63, 3.8) is 0 Å². The van der Waals surface area contributed by atoms with Gasteiger partial charge < -0.3 is 14.9 Å². The third-order valence-electron chi connectivity index (χ3n) is 3.19. The molecule has 8 nitrogen and oxygen atoms in total. The van der Waals surface area contributed by atoms with Crippen LogP contribution in [0.3, 0.4) is 0 Å². The molecule has 2 aromatic carbocycles. The molecule has 0 saturated carbocycles. The molecule has 0 aliphatic carbocycles. The Bertz CT molecular complexity index is 759. The van der Waals surface area contributed by atoms with E-state index in [2.05, 4.69) is 10.5 Å². The van der Waals surface area contributed by atoms with Crippen molar-refractivity contribution in [2.24, 2.45) is 5.16 Å². The Morgan fingerprint density at radius 3 is 2.72 bits per heavy atom. The zero-order valence-corrected chi connectivity index (χ0v) is 13.5. The van der Waals surface area contributed by atoms with Gasteiger partial charge in [-0.15, -0.1) is 0 Å². The van der Waals surface area contributed by atoms with Crippen LogP contribution in [-0.2, 0) is 4.84 Å². The van der Waals surface area contributed by atoms with Crippen LogP contribution >= 0.6 is 0 Å². The molecule has 2 rings (SSSR count). The van der Waals surface area contributed by atoms with Crippen LogP contribution in [0.2, 0.25) is 0 Å². The van der Waals surface area contributed by atoms with E-state index in [0.29, 0.717) is 5.56 Å². The van der Waals surface area contributed by atoms with Crippen LogP contribution in [0.5, 0.6) is 5.75 Å². The Labute approximate surface area is 144 Å². The smallest absolute Gasteiger partial charge is 0.269 e. The van der Waals surface area contributed by atoms with Gasteiger partial charge in [0, 0.05) is 17.7 Å². The fourth-order valence-corrected chi connectivity index (χ4v) is 1.92. The summed E-state index contributed by atoms with van der Waals surface area (Å²) >= 11 is 0. The number of carbonyl (C=O) groups is 1. The third kappa shape index (κ3) is 5.61. The number of nitro benzene ring substituents is 1. The van der Waals surface area contributed by atoms with Gasteiger partial charge in [-0.3, -0.25) is 14.9 Å². The highest BCUT2D eigenvalue weighted by Crippen LogP contribution is 2.12. The standard InChI is InChI=1S/C17H17N3O5/c1-24-16-4-2-3-13(11-16)12-19-25-10-9-18-17(21)14-5-7-15(8-6-14)20(22)23/h2-8,11-12H,9-10H2,1H3,(H,18,21)/b19-12-. The molecule has 0 aliphatic rings. The highest BCUT2D eigenvalue weighted by atomic mass is 16.6. The van der Waals surface area contributed by atoms with E-state index in [1.807, 2.05) is 24.3 Å². The minimum atomic E-state index is -0.518. The maximum Gasteiger partial charge on any atom is 0.269 e. The summed E-state index contributed by atoms with van der Waals surface area (Å²) in [6.07, 6.45) is 1.54. The number of carbonyl (C=O) groups excluding carboxylic acids is 1. The predicted molar refractivity (Wildman–Crippen MR) is 92.0 cm³/mol. The molecule has 0 saturated heterocycles. The van der Waals surface area contributed by atoms with Crippen molar-refractivity contribution in [2.75, 3.05) is 20.3 Å². The minimum absolute atomic E-state index is 0.0632. The Kier molecular flexibility index (Phi) is 6.47. The molecular formula is C17H17N3O5. The highest BCUT2D eigenvalue weighted by molar-refractivity contribution is 5.94. The number of nitrogens with one attached hydrogen (secondary N) is 1. The molecule has 0 atom stereocenters. The molecule has 0 spiro atoms. The lowest BCUT2D eigenvalue weighted by atomic mass is 10.2. The molecule has 2 aromatic rings. The number of rotatable bonds is 8. The van der Waals surface area contributed by atoms with Crippen molar-refractivity contribution >= 4 is 17.8 Å². The van der Waals surface area contributed by atoms with E-state index < -0.39 is 4.92 Å². The Morgan fingerprint density at radius 2 is 2.04 bits per heavy atom. The molecule has 0 fully saturated rings. The highest BCUT2D eigenvalue weighted by Gasteiger charge is 2.08. The molecule has 0 unspecified atom stereocenters. The van der Waals surface area contributed by atoms with Crippen LogP contribution < -0.4 is 10.1 Å². The summed E-state index contributed by atoms with van der Waals surface area (Å²) in [6, 6.07) is 12.7. The van der Waals surface area contributed by atoms with E-state index in [9.17, 15) is 14.9 Å². The molecule has 1 N–H and O–H groups in total. The monoisotopic (exact) mass is 343 g/mol. The van der Waals surface area contributed by atoms with Gasteiger partial charge in [0.15, 0.2) is 0 Å². The second kappa shape index (κ2) is 9.02. The molecule has 0 bridgehead atoms. The number of oxime groups is 1. The molecular weight excluding hydrogens is 326 g/mol. The first-order valence-corrected chi connectivity index (χ1v) is 7.42. The first kappa shape index (κ1) is 17.9. The number of ether oxygens (including phenoxy) is 1. The van der Waals surface area contributed by atoms with Gasteiger partial charge in [0.2, 0.25) is 0 Å². The van der Waals surface area contributed by atoms with Crippen LogP contribution in [0.1, 0.15) is 15.9 Å². The lowest BCUT2D eigenvalue weighted by Gasteiger charge is -2.04. The van der Waals surface area contributed by atoms with Gasteiger partial charge in [0.05, 0.1) is 24.8 Å². The summed E-state index contributed by atoms with van der Waals surface area (Å²) in [4.78, 5) is 27.0. The number of hydrogen-bond acceptors (Lipinski definition) is 6. The Morgan fingerprint density at radius 1 is 1.28 bits per heavy atom. The van der Waals surface area contributed by atoms with Crippen molar-refractivity contribution in [3.8, 4) is 5.75 Å². The fourth-order valence-electron chi connectivity index (χ4n) is 1.92. The van der Waals surface area contributed by atoms with Crippen LogP contribution in [0.25, 0.3) is 0 Å². The third-order valence-corrected chi connectivity index (χ3v) is 3.19. The molecule has 1 amide bonds. The van der Waals surface area contributed by atoms with E-state index in [1.165, 1.54) is 24.3 Å². The summed E-state index contributed by atoms with van der Waals surface area (Å²) < 4.78 is 5.10. The average molecular weight is 343 g/mol. The second-order valence-electron chi connectivity index (χ2n) is 4.90. The maximum absolute atomic E-state index is 11.9. The Balaban J connectivity index is 1.72. The molecule has 0 aliphatic heterocycles. The van der Waals surface area contributed by atoms with Gasteiger partial charge >= 0.3 is 0 Å². The van der Waals surface area contributed by atoms with Gasteiger partial charge in [-0.25, -0.2) is 0 Å². The zero-order chi connectivity index (χ0) is 18.1. The van der Waals surface area contributed by atoms with Gasteiger partial charge in [0.1, 0.15) is 12.4 Å². The molecule has 25 heavy (non-hydrogen) atoms. The fraction of sp³-hybridized carbons (Fsp3) is 0.176. The van der Waals surface area contributed by atoms with Crippen LogP contribution in [-0.4, -0.2) is 37.3 Å². The van der Waals surface area contributed by atoms with Crippen LogP contribution in [0, 0.1) is 10.1 Å². The average Bonchev–Trinajstić information content (AvgIpc) is 2.64. The molecule has 0 heterocycles. The quantitative estimate of drug-likeness (QED) is 0.343. The van der Waals surface area contributed by atoms with Gasteiger partial charge in [0.25, 0.3) is 11.6 Å². The van der Waals surface area contributed by atoms with Crippen molar-refractivity contribution < 1.29 is 19.3 Å². The molecule has 0 radical (unpaired) electrons. The minimum Gasteiger partial charge on any atom is -0.497 e. The summed E-state index contributed by atoms with van der Waals surface area (Å²) in [7, 11) is 1.58. The van der Waals surface area contributed by atoms with Gasteiger partial charge in [-0.1, -0.05) is 17.3 Å². The number of benzene rings is 2. The molecule has 8 heteroatoms. The lowest BCUT2D eigenvalue weighted by Crippen LogP contribution is -2.26. The first-order chi connectivity index (χ1) is 12.1. The number of hydrogen-bond donors (Lipinski definition) is 1. The zero-order valence-electron chi connectivity index (χ0n) is 13.5. The SMILES string of the molecule is COc1cccc(/C=N\OCCNC(=O)c2ccc([N+](=O)[O-])cc2)c1. The maximum atomic E-state index is 11.9. The van der Waals surface area contributed by atoms with Crippen molar-refractivity contribution in [3.05, 3.63) is 69.8 Å². The summed E-state index contributed by atoms with van der Waals surface area (Å²) in [5, 5.41) is 17.0. The molecule has 130 valence electrons. The lowest BCUT2D eigenvalue weighted by molar-refractivity contribution is -0.384. The van der Waals surface area contributed by atoms with Crippen molar-refractivity contribution in [1.29, 1.82) is 0 Å². The van der Waals surface area contributed by atoms with Gasteiger partial charge in [-0.2, -0.15) is 0 Å². The van der Waals surface area contributed by atoms with E-state index in [-0.39, 0.29) is 24.7 Å². The Hall–Kier alpha value is -3.42. The van der Waals surface area contributed by atoms with Crippen molar-refractivity contribution in [1.82, 2.24) is 5.32 Å². The van der Waals surface area contributed by atoms with Gasteiger partial charge in [-0.05, 0) is 29.8 Å². The van der Waals surface area contributed by atoms with E-state index >= 15 is 0 Å². The predicted octanol–water partition coefficient (Wildman–Crippen LogP) is 2.38. The number of methoxy groups -OCH3 is 1. The number of amides is 1. The van der Waals surface area contributed by atoms with Crippen LogP contribution in [0.4, 0.5) is 5.69 Å². The summed E-state index contributed by atoms with van der Waals surface area (Å²) in [6.45, 7) is 0.449. The normalized spacial score (nSPS) is 10.4. The molecule has 0 aromatic heterocycles. The number of nitro groups is 1. The second-order valence-corrected chi connectivity index (χ2v) is 4.90. The van der Waals surface area contributed by atoms with E-state index in [4.69, 9.17) is 9.57 Å². The largest absolute Gasteiger partial charge is 0.497 e. The number of non-ortho nitro benzene ring substituents is 1. The first-order valence-electron chi connectivity index (χ1n) is 7.42.